The molecule has 0 radical (unpaired) electrons. The van der Waals surface area contributed by atoms with Crippen LogP contribution in [0.3, 0.4) is 0 Å². The minimum absolute atomic E-state index is 0.0187. The summed E-state index contributed by atoms with van der Waals surface area (Å²) in [4.78, 5) is 29.3. The summed E-state index contributed by atoms with van der Waals surface area (Å²) in [6, 6.07) is 15.9. The van der Waals surface area contributed by atoms with Crippen molar-refractivity contribution in [3.05, 3.63) is 105 Å². The Kier molecular flexibility index (Phi) is 5.87. The highest BCUT2D eigenvalue weighted by molar-refractivity contribution is 9.10. The maximum absolute atomic E-state index is 14.8. The largest absolute Gasteiger partial charge is 0.453 e. The van der Waals surface area contributed by atoms with E-state index in [9.17, 15) is 14.0 Å². The van der Waals surface area contributed by atoms with Crippen LogP contribution >= 0.6 is 15.9 Å². The number of ether oxygens (including phenoxy) is 1. The summed E-state index contributed by atoms with van der Waals surface area (Å²) in [5.74, 6) is -1.00. The van der Waals surface area contributed by atoms with Crippen molar-refractivity contribution in [1.82, 2.24) is 19.3 Å². The van der Waals surface area contributed by atoms with Gasteiger partial charge in [-0.2, -0.15) is 5.10 Å². The van der Waals surface area contributed by atoms with Gasteiger partial charge in [-0.05, 0) is 48.5 Å². The summed E-state index contributed by atoms with van der Waals surface area (Å²) in [6.45, 7) is 0. The second-order valence-corrected chi connectivity index (χ2v) is 8.54. The van der Waals surface area contributed by atoms with Crippen molar-refractivity contribution >= 4 is 38.6 Å². The molecule has 10 heteroatoms. The molecule has 1 amide bonds. The molecule has 0 aliphatic rings. The Bertz CT molecular complexity index is 1630. The van der Waals surface area contributed by atoms with Gasteiger partial charge in [-0.1, -0.05) is 15.9 Å². The number of nitrogens with one attached hydrogen (secondary N) is 1. The van der Waals surface area contributed by atoms with Crippen LogP contribution in [0.25, 0.3) is 16.7 Å². The standard InChI is InChI=1S/C25H17BrFN5O3/c1-31-12-9-18-21(8-11-28-24(18)31)35-22-7-4-16(14-19(22)27)29-25(34)23-20(33)10-13-32(30-23)17-5-2-15(26)3-6-17/h2-14H,1H3,(H,29,34). The molecule has 0 aliphatic carbocycles. The molecule has 0 saturated carbocycles. The molecule has 0 spiro atoms. The van der Waals surface area contributed by atoms with Crippen LogP contribution in [-0.2, 0) is 7.05 Å². The van der Waals surface area contributed by atoms with Crippen LogP contribution in [0.15, 0.2) is 88.5 Å². The molecule has 1 N–H and O–H groups in total. The third-order valence-electron chi connectivity index (χ3n) is 5.25. The van der Waals surface area contributed by atoms with E-state index >= 15 is 0 Å². The maximum Gasteiger partial charge on any atom is 0.280 e. The van der Waals surface area contributed by atoms with Gasteiger partial charge < -0.3 is 14.6 Å². The number of pyridine rings is 1. The van der Waals surface area contributed by atoms with Crippen LogP contribution in [-0.4, -0.2) is 25.2 Å². The Morgan fingerprint density at radius 3 is 2.60 bits per heavy atom. The van der Waals surface area contributed by atoms with Gasteiger partial charge in [0.2, 0.25) is 5.43 Å². The Labute approximate surface area is 206 Å². The van der Waals surface area contributed by atoms with Crippen LogP contribution in [0.4, 0.5) is 10.1 Å². The monoisotopic (exact) mass is 533 g/mol. The predicted molar refractivity (Wildman–Crippen MR) is 133 cm³/mol. The van der Waals surface area contributed by atoms with E-state index in [4.69, 9.17) is 4.74 Å². The Morgan fingerprint density at radius 2 is 1.83 bits per heavy atom. The molecule has 0 unspecified atom stereocenters. The fourth-order valence-corrected chi connectivity index (χ4v) is 3.77. The number of carbonyl (C=O) groups is 1. The van der Waals surface area contributed by atoms with E-state index in [1.165, 1.54) is 29.1 Å². The summed E-state index contributed by atoms with van der Waals surface area (Å²) in [7, 11) is 1.85. The number of amides is 1. The normalized spacial score (nSPS) is 10.9. The van der Waals surface area contributed by atoms with E-state index in [1.807, 2.05) is 36.0 Å². The molecule has 8 nitrogen and oxygen atoms in total. The van der Waals surface area contributed by atoms with Gasteiger partial charge >= 0.3 is 0 Å². The van der Waals surface area contributed by atoms with Crippen LogP contribution in [0.2, 0.25) is 0 Å². The van der Waals surface area contributed by atoms with Crippen LogP contribution in [0, 0.1) is 5.82 Å². The lowest BCUT2D eigenvalue weighted by Gasteiger charge is -2.11. The third-order valence-corrected chi connectivity index (χ3v) is 5.78. The molecule has 0 aliphatic heterocycles. The molecule has 3 aromatic heterocycles. The fraction of sp³-hybridized carbons (Fsp3) is 0.0400. The number of rotatable bonds is 5. The summed E-state index contributed by atoms with van der Waals surface area (Å²) >= 11 is 3.36. The summed E-state index contributed by atoms with van der Waals surface area (Å²) in [6.07, 6.45) is 4.89. The number of hydrogen-bond acceptors (Lipinski definition) is 5. The summed E-state index contributed by atoms with van der Waals surface area (Å²) in [5, 5.41) is 7.41. The van der Waals surface area contributed by atoms with Crippen LogP contribution in [0.1, 0.15) is 10.5 Å². The lowest BCUT2D eigenvalue weighted by atomic mass is 10.2. The molecule has 174 valence electrons. The Balaban J connectivity index is 1.37. The van der Waals surface area contributed by atoms with Crippen LogP contribution in [0.5, 0.6) is 11.5 Å². The predicted octanol–water partition coefficient (Wildman–Crippen LogP) is 5.07. The molecule has 3 heterocycles. The molecule has 35 heavy (non-hydrogen) atoms. The van der Waals surface area contributed by atoms with Gasteiger partial charge in [0.05, 0.1) is 11.1 Å². The fourth-order valence-electron chi connectivity index (χ4n) is 3.50. The lowest BCUT2D eigenvalue weighted by Crippen LogP contribution is -2.25. The van der Waals surface area contributed by atoms with Crippen molar-refractivity contribution in [1.29, 1.82) is 0 Å². The minimum atomic E-state index is -0.755. The van der Waals surface area contributed by atoms with Crippen molar-refractivity contribution in [3.8, 4) is 17.2 Å². The first-order valence-electron chi connectivity index (χ1n) is 10.4. The average molecular weight is 534 g/mol. The molecular weight excluding hydrogens is 517 g/mol. The first-order valence-corrected chi connectivity index (χ1v) is 11.2. The van der Waals surface area contributed by atoms with Crippen molar-refractivity contribution in [2.24, 2.45) is 7.05 Å². The van der Waals surface area contributed by atoms with E-state index < -0.39 is 17.2 Å². The topological polar surface area (TPSA) is 91.0 Å². The molecular formula is C25H17BrFN5O3. The van der Waals surface area contributed by atoms with E-state index in [-0.39, 0.29) is 17.1 Å². The molecule has 0 saturated heterocycles. The number of hydrogen-bond donors (Lipinski definition) is 1. The SMILES string of the molecule is Cn1ccc2c(Oc3ccc(NC(=O)c4nn(-c5ccc(Br)cc5)ccc4=O)cc3F)ccnc21. The van der Waals surface area contributed by atoms with E-state index in [1.54, 1.807) is 24.4 Å². The van der Waals surface area contributed by atoms with E-state index in [0.717, 1.165) is 15.9 Å². The molecule has 0 bridgehead atoms. The second-order valence-electron chi connectivity index (χ2n) is 7.62. The van der Waals surface area contributed by atoms with Crippen molar-refractivity contribution in [2.45, 2.75) is 0 Å². The number of benzene rings is 2. The van der Waals surface area contributed by atoms with Gasteiger partial charge in [0, 0.05) is 47.9 Å². The van der Waals surface area contributed by atoms with Crippen molar-refractivity contribution in [2.75, 3.05) is 5.32 Å². The van der Waals surface area contributed by atoms with Gasteiger partial charge in [-0.15, -0.1) is 0 Å². The first kappa shape index (κ1) is 22.5. The smallest absolute Gasteiger partial charge is 0.280 e. The molecule has 2 aromatic carbocycles. The summed E-state index contributed by atoms with van der Waals surface area (Å²) < 4.78 is 24.7. The quantitative estimate of drug-likeness (QED) is 0.340. The third kappa shape index (κ3) is 4.56. The number of carbonyl (C=O) groups excluding carboxylic acids is 1. The van der Waals surface area contributed by atoms with Crippen LogP contribution < -0.4 is 15.5 Å². The average Bonchev–Trinajstić information content (AvgIpc) is 3.23. The van der Waals surface area contributed by atoms with Gasteiger partial charge in [0.1, 0.15) is 11.4 Å². The first-order chi connectivity index (χ1) is 16.9. The van der Waals surface area contributed by atoms with Crippen molar-refractivity contribution < 1.29 is 13.9 Å². The Morgan fingerprint density at radius 1 is 1.03 bits per heavy atom. The van der Waals surface area contributed by atoms with Gasteiger partial charge in [0.15, 0.2) is 17.3 Å². The molecule has 5 aromatic rings. The van der Waals surface area contributed by atoms with Gasteiger partial charge in [-0.25, -0.2) is 14.1 Å². The zero-order chi connectivity index (χ0) is 24.5. The number of nitrogens with zero attached hydrogens (tertiary/aromatic N) is 4. The number of aryl methyl sites for hydroxylation is 1. The van der Waals surface area contributed by atoms with E-state index in [0.29, 0.717) is 17.1 Å². The lowest BCUT2D eigenvalue weighted by molar-refractivity contribution is 0.101. The molecule has 0 fully saturated rings. The number of fused-ring (bicyclic) bond motifs is 1. The highest BCUT2D eigenvalue weighted by Crippen LogP contribution is 2.31. The summed E-state index contributed by atoms with van der Waals surface area (Å²) in [5.41, 5.74) is 0.648. The van der Waals surface area contributed by atoms with Gasteiger partial charge in [-0.3, -0.25) is 9.59 Å². The zero-order valence-corrected chi connectivity index (χ0v) is 19.9. The number of aromatic nitrogens is 4. The number of anilines is 1. The highest BCUT2D eigenvalue weighted by Gasteiger charge is 2.16. The Hall–Kier alpha value is -4.31. The van der Waals surface area contributed by atoms with Gasteiger partial charge in [0.25, 0.3) is 5.91 Å². The van der Waals surface area contributed by atoms with E-state index in [2.05, 4.69) is 31.3 Å². The minimum Gasteiger partial charge on any atom is -0.453 e. The zero-order valence-electron chi connectivity index (χ0n) is 18.3. The highest BCUT2D eigenvalue weighted by atomic mass is 79.9. The second kappa shape index (κ2) is 9.15. The number of halogens is 2. The molecule has 0 atom stereocenters. The van der Waals surface area contributed by atoms with Crippen molar-refractivity contribution in [3.63, 3.8) is 0 Å². The maximum atomic E-state index is 14.8. The molecule has 5 rings (SSSR count).